The van der Waals surface area contributed by atoms with Gasteiger partial charge in [0.2, 0.25) is 11.1 Å². The lowest BCUT2D eigenvalue weighted by Crippen LogP contribution is -2.34. The number of imidazole rings is 1. The van der Waals surface area contributed by atoms with E-state index in [-0.39, 0.29) is 17.1 Å². The van der Waals surface area contributed by atoms with Gasteiger partial charge in [-0.2, -0.15) is 4.98 Å². The summed E-state index contributed by atoms with van der Waals surface area (Å²) < 4.78 is 6.51. The van der Waals surface area contributed by atoms with Gasteiger partial charge in [-0.25, -0.2) is 4.98 Å². The number of aromatic amines is 1. The second kappa shape index (κ2) is 4.80. The van der Waals surface area contributed by atoms with E-state index in [1.54, 1.807) is 0 Å². The van der Waals surface area contributed by atoms with Crippen LogP contribution in [-0.2, 0) is 9.53 Å². The first kappa shape index (κ1) is 14.0. The van der Waals surface area contributed by atoms with Crippen molar-refractivity contribution in [2.45, 2.75) is 24.5 Å². The minimum atomic E-state index is -1.45. The molecule has 3 rings (SSSR count). The van der Waals surface area contributed by atoms with Gasteiger partial charge in [0.1, 0.15) is 12.2 Å². The van der Waals surface area contributed by atoms with Crippen LogP contribution in [-0.4, -0.2) is 53.2 Å². The van der Waals surface area contributed by atoms with Gasteiger partial charge in [0.15, 0.2) is 23.5 Å². The summed E-state index contributed by atoms with van der Waals surface area (Å²) in [7, 11) is 0. The van der Waals surface area contributed by atoms with E-state index in [0.29, 0.717) is 0 Å². The molecule has 1 aliphatic rings. The summed E-state index contributed by atoms with van der Waals surface area (Å²) in [5.74, 6) is -0.135. The largest absolute Gasteiger partial charge is 0.387 e. The van der Waals surface area contributed by atoms with Crippen molar-refractivity contribution in [1.82, 2.24) is 19.5 Å². The number of fused-ring (bicyclic) bond motifs is 1. The van der Waals surface area contributed by atoms with Crippen molar-refractivity contribution in [3.05, 3.63) is 16.7 Å². The van der Waals surface area contributed by atoms with Crippen LogP contribution in [0.3, 0.4) is 0 Å². The van der Waals surface area contributed by atoms with Gasteiger partial charge in [-0.15, -0.1) is 12.6 Å². The zero-order valence-corrected chi connectivity index (χ0v) is 11.3. The van der Waals surface area contributed by atoms with E-state index in [9.17, 15) is 19.8 Å². The Labute approximate surface area is 122 Å². The van der Waals surface area contributed by atoms with Crippen LogP contribution in [0.25, 0.3) is 11.2 Å². The van der Waals surface area contributed by atoms with Gasteiger partial charge in [0.05, 0.1) is 6.33 Å². The highest BCUT2D eigenvalue weighted by Gasteiger charge is 2.46. The molecule has 1 saturated heterocycles. The van der Waals surface area contributed by atoms with Crippen LogP contribution in [0.1, 0.15) is 6.23 Å². The second-order valence-electron chi connectivity index (χ2n) is 4.54. The Morgan fingerprint density at radius 3 is 2.81 bits per heavy atom. The SMILES string of the molecule is Nc1nc2c(ncn2[C@@H]2O[C@H](C(=O)S)[C@@H](O)[C@H]2O)c(=O)[nH]1. The molecule has 10 nitrogen and oxygen atoms in total. The molecule has 4 atom stereocenters. The van der Waals surface area contributed by atoms with Gasteiger partial charge in [-0.05, 0) is 0 Å². The molecule has 1 aliphatic heterocycles. The first-order valence-electron chi connectivity index (χ1n) is 5.87. The van der Waals surface area contributed by atoms with Crippen LogP contribution in [0.4, 0.5) is 5.95 Å². The van der Waals surface area contributed by atoms with Crippen LogP contribution in [0.2, 0.25) is 0 Å². The predicted octanol–water partition coefficient (Wildman–Crippen LogP) is -2.22. The molecule has 5 N–H and O–H groups in total. The molecule has 0 aliphatic carbocycles. The standard InChI is InChI=1S/C10H11N5O5S/c11-10-13-6-2(7(18)14-10)12-1-15(6)8-4(17)3(16)5(20-8)9(19)21/h1,3-5,8,16-17H,(H,19,21)(H3,11,13,14,18)/t3-,4+,5-,8+/m0/s1. The summed E-state index contributed by atoms with van der Waals surface area (Å²) >= 11 is 3.59. The average Bonchev–Trinajstić information content (AvgIpc) is 2.93. The van der Waals surface area contributed by atoms with Gasteiger partial charge in [-0.3, -0.25) is 19.1 Å². The van der Waals surface area contributed by atoms with Crippen LogP contribution >= 0.6 is 12.6 Å². The Hall–Kier alpha value is -1.95. The third kappa shape index (κ3) is 2.10. The van der Waals surface area contributed by atoms with Crippen LogP contribution in [0.5, 0.6) is 0 Å². The number of carbonyl (C=O) groups is 1. The average molecular weight is 313 g/mol. The van der Waals surface area contributed by atoms with E-state index in [1.165, 1.54) is 10.9 Å². The van der Waals surface area contributed by atoms with E-state index in [4.69, 9.17) is 10.5 Å². The number of carbonyl (C=O) groups excluding carboxylic acids is 1. The zero-order chi connectivity index (χ0) is 15.3. The van der Waals surface area contributed by atoms with E-state index < -0.39 is 35.2 Å². The first-order valence-corrected chi connectivity index (χ1v) is 6.31. The number of rotatable bonds is 2. The molecule has 2 aromatic heterocycles. The molecule has 0 aromatic carbocycles. The number of thiol groups is 1. The molecule has 1 fully saturated rings. The molecule has 0 bridgehead atoms. The molecule has 112 valence electrons. The lowest BCUT2D eigenvalue weighted by molar-refractivity contribution is -0.126. The quantitative estimate of drug-likeness (QED) is 0.390. The Bertz CT molecular complexity index is 773. The number of nitrogens with two attached hydrogens (primary N) is 1. The van der Waals surface area contributed by atoms with Crippen LogP contribution in [0.15, 0.2) is 11.1 Å². The summed E-state index contributed by atoms with van der Waals surface area (Å²) in [5, 5.41) is 19.1. The summed E-state index contributed by atoms with van der Waals surface area (Å²) in [6.45, 7) is 0. The molecule has 11 heteroatoms. The van der Waals surface area contributed by atoms with Gasteiger partial charge in [0.25, 0.3) is 5.56 Å². The highest BCUT2D eigenvalue weighted by atomic mass is 32.1. The molecule has 3 heterocycles. The topological polar surface area (TPSA) is 156 Å². The number of aromatic nitrogens is 4. The lowest BCUT2D eigenvalue weighted by atomic mass is 10.1. The molecular formula is C10H11N5O5S. The highest BCUT2D eigenvalue weighted by molar-refractivity contribution is 7.96. The first-order chi connectivity index (χ1) is 9.90. The minimum absolute atomic E-state index is 0.00450. The Kier molecular flexibility index (Phi) is 3.20. The smallest absolute Gasteiger partial charge is 0.280 e. The maximum Gasteiger partial charge on any atom is 0.280 e. The van der Waals surface area contributed by atoms with Crippen LogP contribution < -0.4 is 11.3 Å². The molecule has 21 heavy (non-hydrogen) atoms. The number of H-pyrrole nitrogens is 1. The number of nitrogens with zero attached hydrogens (tertiary/aromatic N) is 3. The number of nitrogens with one attached hydrogen (secondary N) is 1. The fourth-order valence-electron chi connectivity index (χ4n) is 2.22. The van der Waals surface area contributed by atoms with Gasteiger partial charge in [0, 0.05) is 0 Å². The fourth-order valence-corrected chi connectivity index (χ4v) is 2.44. The van der Waals surface area contributed by atoms with Crippen molar-refractivity contribution in [2.24, 2.45) is 0 Å². The van der Waals surface area contributed by atoms with Gasteiger partial charge < -0.3 is 20.7 Å². The predicted molar refractivity (Wildman–Crippen MR) is 72.5 cm³/mol. The van der Waals surface area contributed by atoms with Crippen LogP contribution in [0, 0.1) is 0 Å². The maximum atomic E-state index is 11.7. The highest BCUT2D eigenvalue weighted by Crippen LogP contribution is 2.31. The van der Waals surface area contributed by atoms with E-state index >= 15 is 0 Å². The zero-order valence-electron chi connectivity index (χ0n) is 10.4. The molecule has 0 spiro atoms. The van der Waals surface area contributed by atoms with E-state index in [0.717, 1.165) is 0 Å². The number of aliphatic hydroxyl groups is 2. The van der Waals surface area contributed by atoms with Crippen molar-refractivity contribution >= 4 is 34.9 Å². The summed E-state index contributed by atoms with van der Waals surface area (Å²) in [6.07, 6.45) is -4.08. The molecule has 0 unspecified atom stereocenters. The minimum Gasteiger partial charge on any atom is -0.387 e. The van der Waals surface area contributed by atoms with Crippen molar-refractivity contribution in [3.8, 4) is 0 Å². The summed E-state index contributed by atoms with van der Waals surface area (Å²) in [5.41, 5.74) is 4.98. The third-order valence-corrected chi connectivity index (χ3v) is 3.46. The monoisotopic (exact) mass is 313 g/mol. The summed E-state index contributed by atoms with van der Waals surface area (Å²) in [4.78, 5) is 33.0. The number of nitrogen functional groups attached to an aromatic ring is 1. The third-order valence-electron chi connectivity index (χ3n) is 3.21. The lowest BCUT2D eigenvalue weighted by Gasteiger charge is -2.16. The van der Waals surface area contributed by atoms with Gasteiger partial charge >= 0.3 is 0 Å². The number of ether oxygens (including phenoxy) is 1. The number of hydrogen-bond acceptors (Lipinski definition) is 8. The van der Waals surface area contributed by atoms with E-state index in [2.05, 4.69) is 27.6 Å². The molecular weight excluding hydrogens is 302 g/mol. The molecule has 2 aromatic rings. The van der Waals surface area contributed by atoms with Crippen molar-refractivity contribution < 1.29 is 19.7 Å². The Balaban J connectivity index is 2.09. The number of hydrogen-bond donors (Lipinski definition) is 5. The number of aliphatic hydroxyl groups excluding tert-OH is 2. The fraction of sp³-hybridized carbons (Fsp3) is 0.400. The van der Waals surface area contributed by atoms with Crippen molar-refractivity contribution in [3.63, 3.8) is 0 Å². The summed E-state index contributed by atoms with van der Waals surface area (Å²) in [6, 6.07) is 0. The normalized spacial score (nSPS) is 29.1. The Morgan fingerprint density at radius 1 is 1.48 bits per heavy atom. The maximum absolute atomic E-state index is 11.7. The van der Waals surface area contributed by atoms with Crippen molar-refractivity contribution in [1.29, 1.82) is 0 Å². The Morgan fingerprint density at radius 2 is 2.19 bits per heavy atom. The van der Waals surface area contributed by atoms with Gasteiger partial charge in [-0.1, -0.05) is 0 Å². The molecule has 0 amide bonds. The van der Waals surface area contributed by atoms with Crippen molar-refractivity contribution in [2.75, 3.05) is 5.73 Å². The number of anilines is 1. The molecule has 0 radical (unpaired) electrons. The second-order valence-corrected chi connectivity index (χ2v) is 4.98. The molecule has 0 saturated carbocycles. The van der Waals surface area contributed by atoms with E-state index in [1.807, 2.05) is 0 Å².